The van der Waals surface area contributed by atoms with Crippen LogP contribution in [0.15, 0.2) is 30.5 Å². The van der Waals surface area contributed by atoms with E-state index in [9.17, 15) is 18.0 Å². The van der Waals surface area contributed by atoms with Crippen molar-refractivity contribution in [3.8, 4) is 5.75 Å². The Labute approximate surface area is 105 Å². The number of carbonyl (C=O) groups is 1. The maximum absolute atomic E-state index is 12.7. The largest absolute Gasteiger partial charge is 0.421 e. The third-order valence-electron chi connectivity index (χ3n) is 2.27. The van der Waals surface area contributed by atoms with Gasteiger partial charge >= 0.3 is 12.1 Å². The highest BCUT2D eigenvalue weighted by atomic mass is 19.4. The van der Waals surface area contributed by atoms with Crippen LogP contribution in [0.1, 0.15) is 16.1 Å². The van der Waals surface area contributed by atoms with Gasteiger partial charge in [0, 0.05) is 0 Å². The molecule has 0 saturated heterocycles. The van der Waals surface area contributed by atoms with Crippen molar-refractivity contribution in [1.29, 1.82) is 0 Å². The Morgan fingerprint density at radius 3 is 2.58 bits per heavy atom. The predicted octanol–water partition coefficient (Wildman–Crippen LogP) is 2.23. The molecular formula is C11H8F3N3O2. The van der Waals surface area contributed by atoms with E-state index in [1.54, 1.807) is 0 Å². The van der Waals surface area contributed by atoms with Crippen LogP contribution in [0.4, 0.5) is 18.9 Å². The maximum Gasteiger partial charge on any atom is 0.419 e. The molecule has 0 bridgehead atoms. The van der Waals surface area contributed by atoms with Crippen LogP contribution in [-0.4, -0.2) is 16.2 Å². The second-order valence-corrected chi connectivity index (χ2v) is 3.58. The summed E-state index contributed by atoms with van der Waals surface area (Å²) in [6, 6.07) is 4.39. The minimum Gasteiger partial charge on any atom is -0.421 e. The minimum absolute atomic E-state index is 0.00510. The normalized spacial score (nSPS) is 11.3. The van der Waals surface area contributed by atoms with E-state index in [1.165, 1.54) is 12.1 Å². The van der Waals surface area contributed by atoms with Gasteiger partial charge in [-0.25, -0.2) is 4.79 Å². The fraction of sp³-hybridized carbons (Fsp3) is 0.0909. The van der Waals surface area contributed by atoms with Gasteiger partial charge in [0.25, 0.3) is 0 Å². The first-order valence-electron chi connectivity index (χ1n) is 5.07. The lowest BCUT2D eigenvalue weighted by atomic mass is 10.2. The number of rotatable bonds is 2. The van der Waals surface area contributed by atoms with Gasteiger partial charge in [-0.3, -0.25) is 5.10 Å². The van der Waals surface area contributed by atoms with Crippen molar-refractivity contribution in [2.45, 2.75) is 6.18 Å². The van der Waals surface area contributed by atoms with Gasteiger partial charge in [0.1, 0.15) is 5.75 Å². The van der Waals surface area contributed by atoms with Gasteiger partial charge < -0.3 is 10.5 Å². The molecule has 0 aliphatic rings. The summed E-state index contributed by atoms with van der Waals surface area (Å²) >= 11 is 0. The molecule has 0 aliphatic heterocycles. The van der Waals surface area contributed by atoms with Crippen molar-refractivity contribution in [1.82, 2.24) is 10.2 Å². The van der Waals surface area contributed by atoms with E-state index < -0.39 is 23.5 Å². The van der Waals surface area contributed by atoms with Crippen LogP contribution in [0.5, 0.6) is 5.75 Å². The molecule has 100 valence electrons. The highest BCUT2D eigenvalue weighted by molar-refractivity contribution is 5.94. The van der Waals surface area contributed by atoms with E-state index in [-0.39, 0.29) is 11.4 Å². The molecule has 1 aromatic heterocycles. The Kier molecular flexibility index (Phi) is 3.16. The Bertz CT molecular complexity index is 607. The average molecular weight is 271 g/mol. The molecule has 0 aliphatic carbocycles. The Morgan fingerprint density at radius 1 is 1.32 bits per heavy atom. The molecule has 0 radical (unpaired) electrons. The highest BCUT2D eigenvalue weighted by Crippen LogP contribution is 2.36. The number of aromatic amines is 1. The van der Waals surface area contributed by atoms with Gasteiger partial charge in [-0.2, -0.15) is 18.3 Å². The topological polar surface area (TPSA) is 81.0 Å². The van der Waals surface area contributed by atoms with Crippen molar-refractivity contribution in [2.24, 2.45) is 0 Å². The van der Waals surface area contributed by atoms with Gasteiger partial charge in [0.15, 0.2) is 5.69 Å². The fourth-order valence-electron chi connectivity index (χ4n) is 1.40. The summed E-state index contributed by atoms with van der Waals surface area (Å²) in [5, 5.41) is 5.74. The molecule has 0 spiro atoms. The summed E-state index contributed by atoms with van der Waals surface area (Å²) in [4.78, 5) is 11.6. The first-order chi connectivity index (χ1) is 8.89. The van der Waals surface area contributed by atoms with Gasteiger partial charge in [-0.05, 0) is 12.1 Å². The molecule has 8 heteroatoms. The first-order valence-corrected chi connectivity index (χ1v) is 5.07. The van der Waals surface area contributed by atoms with E-state index in [0.29, 0.717) is 0 Å². The lowest BCUT2D eigenvalue weighted by Gasteiger charge is -2.11. The van der Waals surface area contributed by atoms with Crippen molar-refractivity contribution in [3.05, 3.63) is 41.7 Å². The molecule has 2 aromatic rings. The highest BCUT2D eigenvalue weighted by Gasteiger charge is 2.34. The molecule has 0 saturated carbocycles. The number of para-hydroxylation sites is 1. The molecule has 0 fully saturated rings. The summed E-state index contributed by atoms with van der Waals surface area (Å²) in [6.45, 7) is 0. The monoisotopic (exact) mass is 271 g/mol. The second kappa shape index (κ2) is 4.63. The summed E-state index contributed by atoms with van der Waals surface area (Å²) in [5.74, 6) is -1.62. The number of nitrogens with zero attached hydrogens (tertiary/aromatic N) is 1. The number of halogens is 3. The number of nitrogens with one attached hydrogen (secondary N) is 1. The molecule has 1 aromatic carbocycles. The number of hydrogen-bond acceptors (Lipinski definition) is 4. The van der Waals surface area contributed by atoms with Crippen molar-refractivity contribution < 1.29 is 22.7 Å². The standard InChI is InChI=1S/C11H8F3N3O2/c12-11(13,14)6-3-1-2-4-8(6)19-10(18)9-7(15)5-16-17-9/h1-5H,15H2,(H,16,17). The number of esters is 1. The number of nitrogens with two attached hydrogens (primary N) is 1. The summed E-state index contributed by atoms with van der Waals surface area (Å²) in [5.41, 5.74) is 4.16. The van der Waals surface area contributed by atoms with Crippen LogP contribution in [0.3, 0.4) is 0 Å². The van der Waals surface area contributed by atoms with Crippen molar-refractivity contribution in [3.63, 3.8) is 0 Å². The SMILES string of the molecule is Nc1cn[nH]c1C(=O)Oc1ccccc1C(F)(F)F. The average Bonchev–Trinajstić information content (AvgIpc) is 2.75. The molecule has 1 heterocycles. The smallest absolute Gasteiger partial charge is 0.419 e. The minimum atomic E-state index is -4.61. The van der Waals surface area contributed by atoms with E-state index in [1.807, 2.05) is 0 Å². The zero-order chi connectivity index (χ0) is 14.0. The number of hydrogen-bond donors (Lipinski definition) is 2. The Hall–Kier alpha value is -2.51. The summed E-state index contributed by atoms with van der Waals surface area (Å²) in [6.07, 6.45) is -3.46. The molecule has 5 nitrogen and oxygen atoms in total. The van der Waals surface area contributed by atoms with Crippen LogP contribution in [0, 0.1) is 0 Å². The fourth-order valence-corrected chi connectivity index (χ4v) is 1.40. The Morgan fingerprint density at radius 2 is 2.00 bits per heavy atom. The van der Waals surface area contributed by atoms with Crippen LogP contribution >= 0.6 is 0 Å². The maximum atomic E-state index is 12.7. The number of benzene rings is 1. The number of ether oxygens (including phenoxy) is 1. The number of aromatic nitrogens is 2. The number of anilines is 1. The van der Waals surface area contributed by atoms with Crippen LogP contribution in [-0.2, 0) is 6.18 Å². The predicted molar refractivity (Wildman–Crippen MR) is 59.4 cm³/mol. The zero-order valence-corrected chi connectivity index (χ0v) is 9.36. The van der Waals surface area contributed by atoms with Crippen molar-refractivity contribution >= 4 is 11.7 Å². The third kappa shape index (κ3) is 2.67. The molecular weight excluding hydrogens is 263 g/mol. The lowest BCUT2D eigenvalue weighted by Crippen LogP contribution is -2.15. The van der Waals surface area contributed by atoms with E-state index in [2.05, 4.69) is 14.9 Å². The van der Waals surface area contributed by atoms with E-state index in [4.69, 9.17) is 5.73 Å². The molecule has 19 heavy (non-hydrogen) atoms. The first kappa shape index (κ1) is 12.9. The Balaban J connectivity index is 2.30. The van der Waals surface area contributed by atoms with Gasteiger partial charge in [-0.15, -0.1) is 0 Å². The molecule has 0 atom stereocenters. The third-order valence-corrected chi connectivity index (χ3v) is 2.27. The van der Waals surface area contributed by atoms with Gasteiger partial charge in [0.05, 0.1) is 17.4 Å². The summed E-state index contributed by atoms with van der Waals surface area (Å²) < 4.78 is 42.7. The van der Waals surface area contributed by atoms with Crippen molar-refractivity contribution in [2.75, 3.05) is 5.73 Å². The zero-order valence-electron chi connectivity index (χ0n) is 9.36. The number of nitrogen functional groups attached to an aromatic ring is 1. The quantitative estimate of drug-likeness (QED) is 0.648. The van der Waals surface area contributed by atoms with Gasteiger partial charge in [0.2, 0.25) is 0 Å². The van der Waals surface area contributed by atoms with E-state index >= 15 is 0 Å². The number of carbonyl (C=O) groups excluding carboxylic acids is 1. The molecule has 2 rings (SSSR count). The summed E-state index contributed by atoms with van der Waals surface area (Å²) in [7, 11) is 0. The molecule has 3 N–H and O–H groups in total. The van der Waals surface area contributed by atoms with Crippen LogP contribution in [0.2, 0.25) is 0 Å². The van der Waals surface area contributed by atoms with Crippen LogP contribution in [0.25, 0.3) is 0 Å². The second-order valence-electron chi connectivity index (χ2n) is 3.58. The van der Waals surface area contributed by atoms with E-state index in [0.717, 1.165) is 18.3 Å². The van der Waals surface area contributed by atoms with Crippen LogP contribution < -0.4 is 10.5 Å². The number of H-pyrrole nitrogens is 1. The van der Waals surface area contributed by atoms with Gasteiger partial charge in [-0.1, -0.05) is 12.1 Å². The lowest BCUT2D eigenvalue weighted by molar-refractivity contribution is -0.138. The molecule has 0 unspecified atom stereocenters. The number of alkyl halides is 3. The molecule has 0 amide bonds.